The number of nitrogen functional groups attached to an aromatic ring is 2. The summed E-state index contributed by atoms with van der Waals surface area (Å²) in [6.45, 7) is 4.36. The molecular formula is C19H24N6O2. The number of piperidine rings is 1. The number of nitrogens with zero attached hydrogens (tertiary/aromatic N) is 3. The highest BCUT2D eigenvalue weighted by molar-refractivity contribution is 6.39. The standard InChI is InChI=1S/C19H24N6O2/c1-11-3-6-16(15-5-4-13(20)8-22-15)25(10-11)19(27)18(26)24-14-7-12(2)17(21)23-9-14/h4-5,7-9,11,16H,3,6,10,20H2,1-2H3,(H2,21,23)(H,24,26)/t11-,16+/m1/s1. The predicted octanol–water partition coefficient (Wildman–Crippen LogP) is 1.89. The van der Waals surface area contributed by atoms with Gasteiger partial charge in [-0.1, -0.05) is 6.92 Å². The fourth-order valence-corrected chi connectivity index (χ4v) is 3.27. The Morgan fingerprint density at radius 3 is 2.63 bits per heavy atom. The molecule has 0 aliphatic carbocycles. The van der Waals surface area contributed by atoms with Crippen LogP contribution in [0.4, 0.5) is 17.2 Å². The van der Waals surface area contributed by atoms with Crippen LogP contribution in [-0.4, -0.2) is 33.2 Å². The van der Waals surface area contributed by atoms with E-state index in [-0.39, 0.29) is 6.04 Å². The second kappa shape index (κ2) is 7.61. The second-order valence-electron chi connectivity index (χ2n) is 7.05. The Hall–Kier alpha value is -3.16. The Labute approximate surface area is 158 Å². The summed E-state index contributed by atoms with van der Waals surface area (Å²) in [5.74, 6) is -0.582. The molecule has 0 unspecified atom stereocenters. The molecule has 3 heterocycles. The third-order valence-corrected chi connectivity index (χ3v) is 4.80. The molecule has 3 rings (SSSR count). The molecule has 2 aromatic rings. The van der Waals surface area contributed by atoms with Gasteiger partial charge in [-0.05, 0) is 49.4 Å². The van der Waals surface area contributed by atoms with Crippen LogP contribution in [0.5, 0.6) is 0 Å². The largest absolute Gasteiger partial charge is 0.397 e. The van der Waals surface area contributed by atoms with Gasteiger partial charge in [-0.2, -0.15) is 0 Å². The summed E-state index contributed by atoms with van der Waals surface area (Å²) in [6, 6.07) is 5.00. The molecule has 2 atom stereocenters. The Bertz CT molecular complexity index is 852. The first kappa shape index (κ1) is 18.6. The summed E-state index contributed by atoms with van der Waals surface area (Å²) < 4.78 is 0. The zero-order chi connectivity index (χ0) is 19.6. The number of pyridine rings is 2. The van der Waals surface area contributed by atoms with Crippen LogP contribution >= 0.6 is 0 Å². The topological polar surface area (TPSA) is 127 Å². The molecule has 2 amide bonds. The van der Waals surface area contributed by atoms with Gasteiger partial charge in [-0.25, -0.2) is 4.98 Å². The minimum Gasteiger partial charge on any atom is -0.397 e. The van der Waals surface area contributed by atoms with Crippen molar-refractivity contribution < 1.29 is 9.59 Å². The highest BCUT2D eigenvalue weighted by Crippen LogP contribution is 2.32. The maximum Gasteiger partial charge on any atom is 0.313 e. The molecule has 8 nitrogen and oxygen atoms in total. The van der Waals surface area contributed by atoms with Gasteiger partial charge in [0.05, 0.1) is 35.5 Å². The van der Waals surface area contributed by atoms with Crippen LogP contribution in [0, 0.1) is 12.8 Å². The minimum atomic E-state index is -0.699. The van der Waals surface area contributed by atoms with Crippen LogP contribution in [0.3, 0.4) is 0 Å². The predicted molar refractivity (Wildman–Crippen MR) is 104 cm³/mol. The van der Waals surface area contributed by atoms with Crippen LogP contribution in [-0.2, 0) is 9.59 Å². The molecule has 8 heteroatoms. The number of carbonyl (C=O) groups excluding carboxylic acids is 2. The van der Waals surface area contributed by atoms with Gasteiger partial charge in [-0.15, -0.1) is 0 Å². The van der Waals surface area contributed by atoms with Gasteiger partial charge in [-0.3, -0.25) is 14.6 Å². The average Bonchev–Trinajstić information content (AvgIpc) is 2.65. The summed E-state index contributed by atoms with van der Waals surface area (Å²) in [7, 11) is 0. The van der Waals surface area contributed by atoms with E-state index in [2.05, 4.69) is 22.2 Å². The molecule has 0 spiro atoms. The number of aryl methyl sites for hydroxylation is 1. The molecule has 2 aromatic heterocycles. The van der Waals surface area contributed by atoms with Gasteiger partial charge < -0.3 is 21.7 Å². The van der Waals surface area contributed by atoms with Crippen molar-refractivity contribution in [3.63, 3.8) is 0 Å². The second-order valence-corrected chi connectivity index (χ2v) is 7.05. The van der Waals surface area contributed by atoms with Crippen molar-refractivity contribution in [3.05, 3.63) is 41.9 Å². The number of hydrogen-bond acceptors (Lipinski definition) is 6. The quantitative estimate of drug-likeness (QED) is 0.695. The molecule has 1 fully saturated rings. The highest BCUT2D eigenvalue weighted by atomic mass is 16.2. The Morgan fingerprint density at radius 1 is 1.19 bits per heavy atom. The van der Waals surface area contributed by atoms with Gasteiger partial charge in [0.1, 0.15) is 5.82 Å². The van der Waals surface area contributed by atoms with Gasteiger partial charge >= 0.3 is 11.8 Å². The van der Waals surface area contributed by atoms with Crippen molar-refractivity contribution in [1.82, 2.24) is 14.9 Å². The number of rotatable bonds is 2. The molecule has 1 aliphatic rings. The fraction of sp³-hybridized carbons (Fsp3) is 0.368. The third-order valence-electron chi connectivity index (χ3n) is 4.80. The zero-order valence-corrected chi connectivity index (χ0v) is 15.5. The summed E-state index contributed by atoms with van der Waals surface area (Å²) in [5, 5.41) is 2.61. The van der Waals surface area contributed by atoms with Crippen LogP contribution in [0.15, 0.2) is 30.6 Å². The van der Waals surface area contributed by atoms with Gasteiger partial charge in [0.15, 0.2) is 0 Å². The lowest BCUT2D eigenvalue weighted by molar-refractivity contribution is -0.146. The third kappa shape index (κ3) is 4.16. The molecule has 0 radical (unpaired) electrons. The van der Waals surface area contributed by atoms with Crippen LogP contribution in [0.1, 0.15) is 37.1 Å². The van der Waals surface area contributed by atoms with Crippen molar-refractivity contribution in [2.24, 2.45) is 5.92 Å². The normalized spacial score (nSPS) is 19.6. The Morgan fingerprint density at radius 2 is 1.96 bits per heavy atom. The molecule has 142 valence electrons. The number of amides is 2. The van der Waals surface area contributed by atoms with Crippen molar-refractivity contribution in [3.8, 4) is 0 Å². The van der Waals surface area contributed by atoms with Crippen LogP contribution in [0.2, 0.25) is 0 Å². The maximum atomic E-state index is 12.9. The maximum absolute atomic E-state index is 12.9. The first-order valence-corrected chi connectivity index (χ1v) is 8.90. The van der Waals surface area contributed by atoms with Crippen molar-refractivity contribution in [1.29, 1.82) is 0 Å². The van der Waals surface area contributed by atoms with E-state index in [1.165, 1.54) is 6.20 Å². The number of aromatic nitrogens is 2. The van der Waals surface area contributed by atoms with Crippen molar-refractivity contribution in [2.45, 2.75) is 32.7 Å². The number of anilines is 3. The molecular weight excluding hydrogens is 344 g/mol. The van der Waals surface area contributed by atoms with E-state index in [1.54, 1.807) is 36.2 Å². The summed E-state index contributed by atoms with van der Waals surface area (Å²) >= 11 is 0. The zero-order valence-electron chi connectivity index (χ0n) is 15.5. The lowest BCUT2D eigenvalue weighted by atomic mass is 9.92. The van der Waals surface area contributed by atoms with E-state index >= 15 is 0 Å². The summed E-state index contributed by atoms with van der Waals surface area (Å²) in [5.41, 5.74) is 13.9. The number of carbonyl (C=O) groups is 2. The number of nitrogens with two attached hydrogens (primary N) is 2. The van der Waals surface area contributed by atoms with E-state index in [9.17, 15) is 9.59 Å². The number of nitrogens with one attached hydrogen (secondary N) is 1. The van der Waals surface area contributed by atoms with Gasteiger partial charge in [0.2, 0.25) is 0 Å². The lowest BCUT2D eigenvalue weighted by Gasteiger charge is -2.37. The molecule has 0 saturated carbocycles. The summed E-state index contributed by atoms with van der Waals surface area (Å²) in [6.07, 6.45) is 4.72. The van der Waals surface area contributed by atoms with E-state index < -0.39 is 11.8 Å². The monoisotopic (exact) mass is 368 g/mol. The van der Waals surface area contributed by atoms with E-state index in [4.69, 9.17) is 11.5 Å². The minimum absolute atomic E-state index is 0.244. The van der Waals surface area contributed by atoms with Crippen LogP contribution in [0.25, 0.3) is 0 Å². The SMILES string of the molecule is Cc1cc(NC(=O)C(=O)N2C[C@H](C)CC[C@H]2c2ccc(N)cn2)cnc1N. The molecule has 1 aliphatic heterocycles. The fourth-order valence-electron chi connectivity index (χ4n) is 3.27. The lowest BCUT2D eigenvalue weighted by Crippen LogP contribution is -2.46. The first-order chi connectivity index (χ1) is 12.8. The number of hydrogen-bond donors (Lipinski definition) is 3. The molecule has 0 aromatic carbocycles. The first-order valence-electron chi connectivity index (χ1n) is 8.90. The average molecular weight is 368 g/mol. The molecule has 27 heavy (non-hydrogen) atoms. The molecule has 0 bridgehead atoms. The van der Waals surface area contributed by atoms with Gasteiger partial charge in [0.25, 0.3) is 0 Å². The van der Waals surface area contributed by atoms with Crippen LogP contribution < -0.4 is 16.8 Å². The molecule has 1 saturated heterocycles. The Balaban J connectivity index is 1.79. The van der Waals surface area contributed by atoms with E-state index in [0.717, 1.165) is 24.1 Å². The molecule has 5 N–H and O–H groups in total. The van der Waals surface area contributed by atoms with Crippen molar-refractivity contribution in [2.75, 3.05) is 23.3 Å². The highest BCUT2D eigenvalue weighted by Gasteiger charge is 2.34. The Kier molecular flexibility index (Phi) is 5.25. The van der Waals surface area contributed by atoms with E-state index in [1.807, 2.05) is 0 Å². The summed E-state index contributed by atoms with van der Waals surface area (Å²) in [4.78, 5) is 35.4. The smallest absolute Gasteiger partial charge is 0.313 e. The van der Waals surface area contributed by atoms with Gasteiger partial charge in [0, 0.05) is 6.54 Å². The number of likely N-dealkylation sites (tertiary alicyclic amines) is 1. The van der Waals surface area contributed by atoms with E-state index in [0.29, 0.717) is 29.7 Å². The van der Waals surface area contributed by atoms with Crippen molar-refractivity contribution >= 4 is 29.0 Å².